The molecule has 3 aromatic heterocycles. The quantitative estimate of drug-likeness (QED) is 0.587. The summed E-state index contributed by atoms with van der Waals surface area (Å²) in [4.78, 5) is 25.6. The number of anilines is 1. The molecule has 7 nitrogen and oxygen atoms in total. The average molecular weight is 378 g/mol. The van der Waals surface area contributed by atoms with Crippen LogP contribution in [0.25, 0.3) is 17.0 Å². The molecule has 136 valence electrons. The van der Waals surface area contributed by atoms with Crippen LogP contribution in [0.2, 0.25) is 0 Å². The number of hydrogen-bond donors (Lipinski definition) is 1. The third-order valence-electron chi connectivity index (χ3n) is 4.20. The number of thiazole rings is 1. The summed E-state index contributed by atoms with van der Waals surface area (Å²) >= 11 is 1.37. The maximum absolute atomic E-state index is 12.5. The van der Waals surface area contributed by atoms with Gasteiger partial charge in [-0.15, -0.1) is 16.4 Å². The number of fused-ring (bicyclic) bond motifs is 1. The summed E-state index contributed by atoms with van der Waals surface area (Å²) in [6, 6.07) is 8.11. The molecule has 27 heavy (non-hydrogen) atoms. The normalized spacial score (nSPS) is 11.1. The molecule has 0 spiro atoms. The van der Waals surface area contributed by atoms with E-state index >= 15 is 0 Å². The summed E-state index contributed by atoms with van der Waals surface area (Å²) in [6.45, 7) is 7.89. The molecule has 0 atom stereocenters. The van der Waals surface area contributed by atoms with Gasteiger partial charge in [0.05, 0.1) is 5.69 Å². The SMILES string of the molecule is Cc1ccc(-c2csc(NC(=O)c3nc4nc(C)cc(C)n4n3)n2)c(C)c1. The molecule has 0 aliphatic carbocycles. The molecule has 1 N–H and O–H groups in total. The van der Waals surface area contributed by atoms with Gasteiger partial charge in [-0.1, -0.05) is 23.8 Å². The molecule has 0 radical (unpaired) electrons. The molecule has 0 saturated carbocycles. The number of benzene rings is 1. The van der Waals surface area contributed by atoms with Crippen LogP contribution < -0.4 is 5.32 Å². The minimum atomic E-state index is -0.404. The van der Waals surface area contributed by atoms with Crippen LogP contribution >= 0.6 is 11.3 Å². The molecule has 1 aromatic carbocycles. The zero-order chi connectivity index (χ0) is 19.1. The van der Waals surface area contributed by atoms with Crippen molar-refractivity contribution in [3.05, 3.63) is 58.0 Å². The summed E-state index contributed by atoms with van der Waals surface area (Å²) in [6.07, 6.45) is 0. The molecule has 0 unspecified atom stereocenters. The van der Waals surface area contributed by atoms with Crippen molar-refractivity contribution in [3.63, 3.8) is 0 Å². The van der Waals surface area contributed by atoms with Crippen molar-refractivity contribution in [2.24, 2.45) is 0 Å². The molecular formula is C19H18N6OS. The van der Waals surface area contributed by atoms with Gasteiger partial charge in [-0.05, 0) is 39.3 Å². The zero-order valence-corrected chi connectivity index (χ0v) is 16.3. The highest BCUT2D eigenvalue weighted by Gasteiger charge is 2.17. The van der Waals surface area contributed by atoms with Crippen LogP contribution in [0.1, 0.15) is 33.1 Å². The van der Waals surface area contributed by atoms with E-state index in [9.17, 15) is 4.79 Å². The van der Waals surface area contributed by atoms with Crippen molar-refractivity contribution in [3.8, 4) is 11.3 Å². The number of aromatic nitrogens is 5. The average Bonchev–Trinajstić information content (AvgIpc) is 3.22. The predicted octanol–water partition coefficient (Wildman–Crippen LogP) is 3.73. The Morgan fingerprint density at radius 1 is 1.07 bits per heavy atom. The Hall–Kier alpha value is -3.13. The topological polar surface area (TPSA) is 85.1 Å². The summed E-state index contributed by atoms with van der Waals surface area (Å²) in [7, 11) is 0. The molecule has 0 fully saturated rings. The van der Waals surface area contributed by atoms with Crippen LogP contribution in [0.3, 0.4) is 0 Å². The summed E-state index contributed by atoms with van der Waals surface area (Å²) < 4.78 is 1.56. The number of amides is 1. The van der Waals surface area contributed by atoms with Gasteiger partial charge in [0, 0.05) is 22.3 Å². The lowest BCUT2D eigenvalue weighted by molar-refractivity contribution is 0.101. The Labute approximate surface area is 160 Å². The Morgan fingerprint density at radius 3 is 2.67 bits per heavy atom. The first-order valence-electron chi connectivity index (χ1n) is 8.46. The fourth-order valence-electron chi connectivity index (χ4n) is 2.97. The Kier molecular flexibility index (Phi) is 4.19. The van der Waals surface area contributed by atoms with Crippen LogP contribution in [0.5, 0.6) is 0 Å². The van der Waals surface area contributed by atoms with E-state index in [1.807, 2.05) is 31.4 Å². The van der Waals surface area contributed by atoms with E-state index in [-0.39, 0.29) is 5.82 Å². The lowest BCUT2D eigenvalue weighted by Gasteiger charge is -2.03. The predicted molar refractivity (Wildman–Crippen MR) is 105 cm³/mol. The van der Waals surface area contributed by atoms with Crippen LogP contribution in [-0.4, -0.2) is 30.5 Å². The van der Waals surface area contributed by atoms with E-state index in [2.05, 4.69) is 51.3 Å². The van der Waals surface area contributed by atoms with Crippen molar-refractivity contribution in [2.45, 2.75) is 27.7 Å². The lowest BCUT2D eigenvalue weighted by Crippen LogP contribution is -2.13. The molecule has 0 bridgehead atoms. The minimum Gasteiger partial charge on any atom is -0.295 e. The maximum Gasteiger partial charge on any atom is 0.297 e. The number of rotatable bonds is 3. The molecule has 0 saturated heterocycles. The first-order valence-corrected chi connectivity index (χ1v) is 9.34. The summed E-state index contributed by atoms with van der Waals surface area (Å²) in [5, 5.41) is 9.46. The number of carbonyl (C=O) groups excluding carboxylic acids is 1. The number of nitrogens with zero attached hydrogens (tertiary/aromatic N) is 5. The van der Waals surface area contributed by atoms with Gasteiger partial charge in [-0.2, -0.15) is 4.98 Å². The number of hydrogen-bond acceptors (Lipinski definition) is 6. The van der Waals surface area contributed by atoms with E-state index in [1.165, 1.54) is 16.9 Å². The van der Waals surface area contributed by atoms with E-state index in [0.29, 0.717) is 10.9 Å². The third-order valence-corrected chi connectivity index (χ3v) is 4.96. The first kappa shape index (κ1) is 17.3. The smallest absolute Gasteiger partial charge is 0.295 e. The number of aryl methyl sites for hydroxylation is 4. The van der Waals surface area contributed by atoms with E-state index in [1.54, 1.807) is 4.52 Å². The highest BCUT2D eigenvalue weighted by Crippen LogP contribution is 2.28. The largest absolute Gasteiger partial charge is 0.297 e. The van der Waals surface area contributed by atoms with Crippen LogP contribution in [0.15, 0.2) is 29.6 Å². The second-order valence-corrected chi connectivity index (χ2v) is 7.35. The molecule has 8 heteroatoms. The lowest BCUT2D eigenvalue weighted by atomic mass is 10.0. The van der Waals surface area contributed by atoms with E-state index in [0.717, 1.165) is 28.2 Å². The molecule has 0 aliphatic heterocycles. The first-order chi connectivity index (χ1) is 12.9. The Morgan fingerprint density at radius 2 is 1.89 bits per heavy atom. The maximum atomic E-state index is 12.5. The monoisotopic (exact) mass is 378 g/mol. The second-order valence-electron chi connectivity index (χ2n) is 6.50. The second kappa shape index (κ2) is 6.55. The fourth-order valence-corrected chi connectivity index (χ4v) is 3.68. The van der Waals surface area contributed by atoms with Gasteiger partial charge >= 0.3 is 0 Å². The Bertz CT molecular complexity index is 1180. The molecule has 4 aromatic rings. The van der Waals surface area contributed by atoms with Crippen LogP contribution in [0.4, 0.5) is 5.13 Å². The van der Waals surface area contributed by atoms with Gasteiger partial charge in [0.25, 0.3) is 11.7 Å². The number of nitrogens with one attached hydrogen (secondary N) is 1. The van der Waals surface area contributed by atoms with Crippen molar-refractivity contribution < 1.29 is 4.79 Å². The van der Waals surface area contributed by atoms with Gasteiger partial charge in [0.15, 0.2) is 5.13 Å². The van der Waals surface area contributed by atoms with Gasteiger partial charge in [-0.3, -0.25) is 10.1 Å². The van der Waals surface area contributed by atoms with Crippen molar-refractivity contribution in [1.82, 2.24) is 24.6 Å². The van der Waals surface area contributed by atoms with Crippen molar-refractivity contribution in [1.29, 1.82) is 0 Å². The van der Waals surface area contributed by atoms with E-state index in [4.69, 9.17) is 0 Å². The molecule has 4 rings (SSSR count). The molecule has 1 amide bonds. The van der Waals surface area contributed by atoms with Crippen molar-refractivity contribution in [2.75, 3.05) is 5.32 Å². The summed E-state index contributed by atoms with van der Waals surface area (Å²) in [5.74, 6) is 0.0753. The highest BCUT2D eigenvalue weighted by molar-refractivity contribution is 7.14. The van der Waals surface area contributed by atoms with Crippen LogP contribution in [-0.2, 0) is 0 Å². The molecule has 0 aliphatic rings. The van der Waals surface area contributed by atoms with Gasteiger partial charge in [-0.25, -0.2) is 14.5 Å². The summed E-state index contributed by atoms with van der Waals surface area (Å²) in [5.41, 5.74) is 5.95. The zero-order valence-electron chi connectivity index (χ0n) is 15.4. The molecular weight excluding hydrogens is 360 g/mol. The van der Waals surface area contributed by atoms with Crippen molar-refractivity contribution >= 4 is 28.2 Å². The highest BCUT2D eigenvalue weighted by atomic mass is 32.1. The third kappa shape index (κ3) is 3.31. The van der Waals surface area contributed by atoms with Gasteiger partial charge in [0.1, 0.15) is 0 Å². The van der Waals surface area contributed by atoms with Crippen LogP contribution in [0, 0.1) is 27.7 Å². The number of carbonyl (C=O) groups is 1. The fraction of sp³-hybridized carbons (Fsp3) is 0.211. The molecule has 3 heterocycles. The van der Waals surface area contributed by atoms with E-state index < -0.39 is 5.91 Å². The van der Waals surface area contributed by atoms with Gasteiger partial charge < -0.3 is 0 Å². The minimum absolute atomic E-state index is 0.0690. The standard InChI is InChI=1S/C19H18N6OS/c1-10-5-6-14(11(2)7-10)15-9-27-19(21-15)23-17(26)16-22-18-20-12(3)8-13(4)25(18)24-16/h5-9H,1-4H3,(H,21,23,26). The Balaban J connectivity index is 1.59. The van der Waals surface area contributed by atoms with Gasteiger partial charge in [0.2, 0.25) is 5.82 Å².